The summed E-state index contributed by atoms with van der Waals surface area (Å²) in [6.45, 7) is 4.50. The first-order valence-corrected chi connectivity index (χ1v) is 9.44. The summed E-state index contributed by atoms with van der Waals surface area (Å²) < 4.78 is 28.7. The van der Waals surface area contributed by atoms with Crippen LogP contribution in [0.25, 0.3) is 0 Å². The summed E-state index contributed by atoms with van der Waals surface area (Å²) in [7, 11) is -3.23. The van der Waals surface area contributed by atoms with E-state index in [1.807, 2.05) is 41.1 Å². The molecule has 1 aromatic carbocycles. The van der Waals surface area contributed by atoms with Crippen LogP contribution in [0.15, 0.2) is 49.1 Å². The van der Waals surface area contributed by atoms with E-state index in [1.165, 1.54) is 0 Å². The van der Waals surface area contributed by atoms with Gasteiger partial charge in [-0.2, -0.15) is 4.31 Å². The standard InChI is InChI=1S/C16H22N4O2S/c21-23(22,14-16-4-2-1-3-5-16)20-12-10-18(11-13-20)8-9-19-7-6-17-15-19/h1-7,15H,8-14H2. The molecule has 0 bridgehead atoms. The second-order valence-electron chi connectivity index (χ2n) is 5.78. The molecular weight excluding hydrogens is 312 g/mol. The average molecular weight is 334 g/mol. The van der Waals surface area contributed by atoms with Crippen LogP contribution in [-0.4, -0.2) is 59.9 Å². The van der Waals surface area contributed by atoms with Crippen LogP contribution in [0.1, 0.15) is 5.56 Å². The van der Waals surface area contributed by atoms with Crippen LogP contribution in [0, 0.1) is 0 Å². The molecule has 1 aliphatic heterocycles. The average Bonchev–Trinajstić information content (AvgIpc) is 3.07. The Hall–Kier alpha value is -1.70. The molecule has 0 spiro atoms. The van der Waals surface area contributed by atoms with E-state index in [1.54, 1.807) is 16.8 Å². The summed E-state index contributed by atoms with van der Waals surface area (Å²) in [5.74, 6) is 0.0862. The highest BCUT2D eigenvalue weighted by Gasteiger charge is 2.26. The fourth-order valence-corrected chi connectivity index (χ4v) is 4.30. The van der Waals surface area contributed by atoms with Gasteiger partial charge in [-0.15, -0.1) is 0 Å². The van der Waals surface area contributed by atoms with Crippen molar-refractivity contribution in [2.24, 2.45) is 0 Å². The summed E-state index contributed by atoms with van der Waals surface area (Å²) in [6.07, 6.45) is 5.52. The number of aromatic nitrogens is 2. The number of benzene rings is 1. The molecule has 0 radical (unpaired) electrons. The maximum absolute atomic E-state index is 12.5. The SMILES string of the molecule is O=S(=O)(Cc1ccccc1)N1CCN(CCn2ccnc2)CC1. The summed E-state index contributed by atoms with van der Waals surface area (Å²) in [5, 5.41) is 0. The van der Waals surface area contributed by atoms with Crippen molar-refractivity contribution in [2.75, 3.05) is 32.7 Å². The first-order chi connectivity index (χ1) is 11.1. The molecular formula is C16H22N4O2S. The Morgan fingerprint density at radius 3 is 2.39 bits per heavy atom. The minimum Gasteiger partial charge on any atom is -0.336 e. The Kier molecular flexibility index (Phi) is 5.09. The maximum atomic E-state index is 12.5. The van der Waals surface area contributed by atoms with Crippen LogP contribution in [0.4, 0.5) is 0 Å². The number of imidazole rings is 1. The summed E-state index contributed by atoms with van der Waals surface area (Å²) >= 11 is 0. The third-order valence-electron chi connectivity index (χ3n) is 4.15. The van der Waals surface area contributed by atoms with Crippen molar-refractivity contribution in [3.8, 4) is 0 Å². The van der Waals surface area contributed by atoms with Gasteiger partial charge in [-0.3, -0.25) is 4.90 Å². The van der Waals surface area contributed by atoms with Crippen molar-refractivity contribution in [2.45, 2.75) is 12.3 Å². The lowest BCUT2D eigenvalue weighted by Crippen LogP contribution is -2.49. The predicted molar refractivity (Wildman–Crippen MR) is 89.3 cm³/mol. The molecule has 6 nitrogen and oxygen atoms in total. The second-order valence-corrected chi connectivity index (χ2v) is 7.75. The van der Waals surface area contributed by atoms with E-state index < -0.39 is 10.0 Å². The van der Waals surface area contributed by atoms with E-state index in [-0.39, 0.29) is 5.75 Å². The van der Waals surface area contributed by atoms with Gasteiger partial charge in [-0.1, -0.05) is 30.3 Å². The molecule has 1 aromatic heterocycles. The van der Waals surface area contributed by atoms with Crippen LogP contribution in [0.5, 0.6) is 0 Å². The Morgan fingerprint density at radius 1 is 1.00 bits per heavy atom. The van der Waals surface area contributed by atoms with Crippen molar-refractivity contribution in [1.29, 1.82) is 0 Å². The van der Waals surface area contributed by atoms with Gasteiger partial charge < -0.3 is 4.57 Å². The van der Waals surface area contributed by atoms with Gasteiger partial charge in [-0.05, 0) is 5.56 Å². The third kappa shape index (κ3) is 4.40. The number of sulfonamides is 1. The van der Waals surface area contributed by atoms with Gasteiger partial charge in [0.15, 0.2) is 0 Å². The molecule has 0 aliphatic carbocycles. The molecule has 23 heavy (non-hydrogen) atoms. The Labute approximate surface area is 137 Å². The highest BCUT2D eigenvalue weighted by Crippen LogP contribution is 2.13. The molecule has 7 heteroatoms. The van der Waals surface area contributed by atoms with Crippen LogP contribution < -0.4 is 0 Å². The maximum Gasteiger partial charge on any atom is 0.218 e. The highest BCUT2D eigenvalue weighted by atomic mass is 32.2. The Bertz CT molecular complexity index is 693. The lowest BCUT2D eigenvalue weighted by molar-refractivity contribution is 0.183. The van der Waals surface area contributed by atoms with Gasteiger partial charge in [0.25, 0.3) is 0 Å². The van der Waals surface area contributed by atoms with E-state index >= 15 is 0 Å². The van der Waals surface area contributed by atoms with E-state index in [4.69, 9.17) is 0 Å². The zero-order chi connectivity index (χ0) is 16.1. The summed E-state index contributed by atoms with van der Waals surface area (Å²) in [5.41, 5.74) is 0.843. The molecule has 124 valence electrons. The minimum absolute atomic E-state index is 0.0862. The van der Waals surface area contributed by atoms with Gasteiger partial charge in [0.05, 0.1) is 12.1 Å². The van der Waals surface area contributed by atoms with Gasteiger partial charge in [0, 0.05) is 51.7 Å². The Balaban J connectivity index is 1.49. The Morgan fingerprint density at radius 2 is 1.74 bits per heavy atom. The largest absolute Gasteiger partial charge is 0.336 e. The van der Waals surface area contributed by atoms with Crippen LogP contribution >= 0.6 is 0 Å². The lowest BCUT2D eigenvalue weighted by atomic mass is 10.2. The first-order valence-electron chi connectivity index (χ1n) is 7.83. The van der Waals surface area contributed by atoms with Crippen molar-refractivity contribution in [3.63, 3.8) is 0 Å². The molecule has 2 aromatic rings. The molecule has 0 atom stereocenters. The number of hydrogen-bond acceptors (Lipinski definition) is 4. The van der Waals surface area contributed by atoms with Gasteiger partial charge in [-0.25, -0.2) is 13.4 Å². The van der Waals surface area contributed by atoms with Crippen molar-refractivity contribution in [1.82, 2.24) is 18.8 Å². The van der Waals surface area contributed by atoms with Gasteiger partial charge in [0.2, 0.25) is 10.0 Å². The lowest BCUT2D eigenvalue weighted by Gasteiger charge is -2.34. The minimum atomic E-state index is -3.23. The van der Waals surface area contributed by atoms with E-state index in [0.29, 0.717) is 13.1 Å². The molecule has 0 saturated carbocycles. The molecule has 1 aliphatic rings. The topological polar surface area (TPSA) is 58.4 Å². The zero-order valence-electron chi connectivity index (χ0n) is 13.1. The molecule has 0 unspecified atom stereocenters. The normalized spacial score (nSPS) is 17.4. The van der Waals surface area contributed by atoms with E-state index in [0.717, 1.165) is 31.7 Å². The quantitative estimate of drug-likeness (QED) is 0.792. The summed E-state index contributed by atoms with van der Waals surface area (Å²) in [6, 6.07) is 9.37. The second kappa shape index (κ2) is 7.25. The van der Waals surface area contributed by atoms with Crippen LogP contribution in [0.3, 0.4) is 0 Å². The molecule has 0 N–H and O–H groups in total. The fourth-order valence-electron chi connectivity index (χ4n) is 2.78. The predicted octanol–water partition coefficient (Wildman–Crippen LogP) is 1.03. The first kappa shape index (κ1) is 16.2. The van der Waals surface area contributed by atoms with Gasteiger partial charge in [0.1, 0.15) is 0 Å². The van der Waals surface area contributed by atoms with Crippen LogP contribution in [0.2, 0.25) is 0 Å². The smallest absolute Gasteiger partial charge is 0.218 e. The number of rotatable bonds is 6. The summed E-state index contributed by atoms with van der Waals surface area (Å²) in [4.78, 5) is 6.33. The van der Waals surface area contributed by atoms with Crippen molar-refractivity contribution in [3.05, 3.63) is 54.6 Å². The number of hydrogen-bond donors (Lipinski definition) is 0. The van der Waals surface area contributed by atoms with Crippen LogP contribution in [-0.2, 0) is 22.3 Å². The molecule has 3 rings (SSSR count). The highest BCUT2D eigenvalue weighted by molar-refractivity contribution is 7.88. The van der Waals surface area contributed by atoms with Gasteiger partial charge >= 0.3 is 0 Å². The fraction of sp³-hybridized carbons (Fsp3) is 0.438. The molecule has 0 amide bonds. The molecule has 1 fully saturated rings. The number of piperazine rings is 1. The molecule has 2 heterocycles. The molecule has 1 saturated heterocycles. The zero-order valence-corrected chi connectivity index (χ0v) is 13.9. The third-order valence-corrected chi connectivity index (χ3v) is 6.00. The number of nitrogens with zero attached hydrogens (tertiary/aromatic N) is 4. The van der Waals surface area contributed by atoms with Crippen molar-refractivity contribution >= 4 is 10.0 Å². The van der Waals surface area contributed by atoms with E-state index in [9.17, 15) is 8.42 Å². The monoisotopic (exact) mass is 334 g/mol. The van der Waals surface area contributed by atoms with Crippen molar-refractivity contribution < 1.29 is 8.42 Å². The van der Waals surface area contributed by atoms with E-state index in [2.05, 4.69) is 9.88 Å².